The van der Waals surface area contributed by atoms with E-state index in [0.29, 0.717) is 12.0 Å². The van der Waals surface area contributed by atoms with Crippen LogP contribution >= 0.6 is 0 Å². The van der Waals surface area contributed by atoms with E-state index in [1.807, 2.05) is 0 Å². The van der Waals surface area contributed by atoms with Crippen molar-refractivity contribution in [2.45, 2.75) is 13.3 Å². The number of carbonyl (C=O) groups is 1. The highest BCUT2D eigenvalue weighted by atomic mass is 19.1. The lowest BCUT2D eigenvalue weighted by molar-refractivity contribution is -0.114. The molecule has 2 aromatic rings. The molecule has 0 aromatic heterocycles. The van der Waals surface area contributed by atoms with Crippen LogP contribution in [-0.4, -0.2) is 36.6 Å². The molecule has 0 atom stereocenters. The summed E-state index contributed by atoms with van der Waals surface area (Å²) in [6, 6.07) is 4.77. The highest BCUT2D eigenvalue weighted by molar-refractivity contribution is 6.04. The first-order valence-corrected chi connectivity index (χ1v) is 8.22. The summed E-state index contributed by atoms with van der Waals surface area (Å²) >= 11 is 0. The van der Waals surface area contributed by atoms with Crippen molar-refractivity contribution in [1.82, 2.24) is 0 Å². The third-order valence-electron chi connectivity index (χ3n) is 3.87. The second kappa shape index (κ2) is 8.98. The summed E-state index contributed by atoms with van der Waals surface area (Å²) < 4.78 is 37.1. The molecule has 2 N–H and O–H groups in total. The molecule has 0 heterocycles. The third kappa shape index (κ3) is 4.64. The van der Waals surface area contributed by atoms with Gasteiger partial charge in [-0.1, -0.05) is 6.92 Å². The number of hydrogen-bond donors (Lipinski definition) is 2. The molecule has 0 fully saturated rings. The number of benzene rings is 2. The minimum Gasteiger partial charge on any atom is -0.502 e. The van der Waals surface area contributed by atoms with E-state index < -0.39 is 29.0 Å². The van der Waals surface area contributed by atoms with Crippen molar-refractivity contribution in [2.75, 3.05) is 14.2 Å². The average Bonchev–Trinajstić information content (AvgIpc) is 2.68. The van der Waals surface area contributed by atoms with Gasteiger partial charge in [0.05, 0.1) is 14.2 Å². The lowest BCUT2D eigenvalue weighted by Crippen LogP contribution is -2.00. The van der Waals surface area contributed by atoms with Gasteiger partial charge in [-0.25, -0.2) is 13.8 Å². The van der Waals surface area contributed by atoms with E-state index in [-0.39, 0.29) is 22.6 Å². The number of phenols is 2. The summed E-state index contributed by atoms with van der Waals surface area (Å²) in [6.07, 6.45) is 2.85. The van der Waals surface area contributed by atoms with Gasteiger partial charge in [0.2, 0.25) is 0 Å². The SMILES string of the molecule is CC/C(=C\c1cc(F)c(O)c(OC)c1)C(=O)N=Cc1cc(F)c(O)c(OC)c1. The molecule has 0 radical (unpaired) electrons. The van der Waals surface area contributed by atoms with Gasteiger partial charge >= 0.3 is 0 Å². The molecule has 0 aliphatic rings. The minimum absolute atomic E-state index is 0.0654. The fourth-order valence-corrected chi connectivity index (χ4v) is 2.39. The smallest absolute Gasteiger partial charge is 0.272 e. The maximum Gasteiger partial charge on any atom is 0.272 e. The van der Waals surface area contributed by atoms with Crippen LogP contribution in [0.3, 0.4) is 0 Å². The van der Waals surface area contributed by atoms with E-state index in [1.165, 1.54) is 32.4 Å². The van der Waals surface area contributed by atoms with Crippen molar-refractivity contribution in [1.29, 1.82) is 0 Å². The van der Waals surface area contributed by atoms with Crippen molar-refractivity contribution in [2.24, 2.45) is 4.99 Å². The molecule has 28 heavy (non-hydrogen) atoms. The number of halogens is 2. The first-order valence-electron chi connectivity index (χ1n) is 8.22. The van der Waals surface area contributed by atoms with Crippen molar-refractivity contribution in [3.63, 3.8) is 0 Å². The van der Waals surface area contributed by atoms with Crippen LogP contribution in [0.1, 0.15) is 24.5 Å². The standard InChI is InChI=1S/C20H19F2NO5/c1-4-13(5-11-6-14(21)18(24)16(8-11)27-2)20(26)23-10-12-7-15(22)19(25)17(9-12)28-3/h5-10,24-25H,4H2,1-3H3/b13-5+,23-10?. The lowest BCUT2D eigenvalue weighted by atomic mass is 10.1. The second-order valence-corrected chi connectivity index (χ2v) is 5.69. The molecule has 0 aliphatic heterocycles. The van der Waals surface area contributed by atoms with E-state index in [2.05, 4.69) is 4.99 Å². The van der Waals surface area contributed by atoms with Crippen LogP contribution in [0.15, 0.2) is 34.8 Å². The molecule has 148 valence electrons. The number of aromatic hydroxyl groups is 2. The molecule has 2 aromatic carbocycles. The Hall–Kier alpha value is -3.42. The van der Waals surface area contributed by atoms with Crippen LogP contribution in [0.2, 0.25) is 0 Å². The Morgan fingerprint density at radius 1 is 1.00 bits per heavy atom. The fraction of sp³-hybridized carbons (Fsp3) is 0.200. The number of methoxy groups -OCH3 is 2. The average molecular weight is 391 g/mol. The predicted octanol–water partition coefficient (Wildman–Crippen LogP) is 3.83. The number of carbonyl (C=O) groups excluding carboxylic acids is 1. The highest BCUT2D eigenvalue weighted by Gasteiger charge is 2.13. The van der Waals surface area contributed by atoms with E-state index in [1.54, 1.807) is 6.92 Å². The molecule has 2 rings (SSSR count). The number of aliphatic imine (C=N–C) groups is 1. The van der Waals surface area contributed by atoms with Gasteiger partial charge in [0, 0.05) is 11.8 Å². The van der Waals surface area contributed by atoms with Gasteiger partial charge in [0.15, 0.2) is 34.6 Å². The Morgan fingerprint density at radius 2 is 1.50 bits per heavy atom. The number of amides is 1. The lowest BCUT2D eigenvalue weighted by Gasteiger charge is -2.07. The van der Waals surface area contributed by atoms with Crippen LogP contribution in [0.4, 0.5) is 8.78 Å². The van der Waals surface area contributed by atoms with Gasteiger partial charge in [-0.15, -0.1) is 0 Å². The van der Waals surface area contributed by atoms with Gasteiger partial charge < -0.3 is 19.7 Å². The van der Waals surface area contributed by atoms with Gasteiger partial charge in [0.25, 0.3) is 5.91 Å². The molecule has 0 spiro atoms. The van der Waals surface area contributed by atoms with Crippen molar-refractivity contribution >= 4 is 18.2 Å². The highest BCUT2D eigenvalue weighted by Crippen LogP contribution is 2.31. The molecule has 1 amide bonds. The van der Waals surface area contributed by atoms with E-state index in [4.69, 9.17) is 9.47 Å². The topological polar surface area (TPSA) is 88.4 Å². The van der Waals surface area contributed by atoms with E-state index >= 15 is 0 Å². The predicted molar refractivity (Wildman–Crippen MR) is 100 cm³/mol. The first-order chi connectivity index (χ1) is 13.3. The zero-order valence-corrected chi connectivity index (χ0v) is 15.5. The molecule has 0 saturated heterocycles. The zero-order valence-electron chi connectivity index (χ0n) is 15.5. The van der Waals surface area contributed by atoms with Crippen LogP contribution < -0.4 is 9.47 Å². The zero-order chi connectivity index (χ0) is 20.8. The molecule has 0 unspecified atom stereocenters. The molecular formula is C20H19F2NO5. The normalized spacial score (nSPS) is 11.7. The molecule has 0 saturated carbocycles. The number of rotatable bonds is 6. The second-order valence-electron chi connectivity index (χ2n) is 5.69. The third-order valence-corrected chi connectivity index (χ3v) is 3.87. The van der Waals surface area contributed by atoms with Gasteiger partial charge in [-0.2, -0.15) is 0 Å². The van der Waals surface area contributed by atoms with Crippen LogP contribution in [0.5, 0.6) is 23.0 Å². The Balaban J connectivity index is 2.31. The number of ether oxygens (including phenoxy) is 2. The summed E-state index contributed by atoms with van der Waals surface area (Å²) in [4.78, 5) is 16.1. The minimum atomic E-state index is -0.911. The molecule has 0 bridgehead atoms. The molecule has 0 aliphatic carbocycles. The maximum absolute atomic E-state index is 13.8. The Kier molecular flexibility index (Phi) is 6.70. The summed E-state index contributed by atoms with van der Waals surface area (Å²) in [6.45, 7) is 1.72. The summed E-state index contributed by atoms with van der Waals surface area (Å²) in [5.74, 6) is -3.82. The summed E-state index contributed by atoms with van der Waals surface area (Å²) in [5, 5.41) is 19.0. The van der Waals surface area contributed by atoms with E-state index in [9.17, 15) is 23.8 Å². The fourth-order valence-electron chi connectivity index (χ4n) is 2.39. The quantitative estimate of drug-likeness (QED) is 0.577. The Labute approximate surface area is 160 Å². The summed E-state index contributed by atoms with van der Waals surface area (Å²) in [5.41, 5.74) is 0.785. The molecule has 6 nitrogen and oxygen atoms in total. The van der Waals surface area contributed by atoms with Crippen molar-refractivity contribution in [3.05, 3.63) is 52.6 Å². The van der Waals surface area contributed by atoms with Gasteiger partial charge in [-0.05, 0) is 47.9 Å². The van der Waals surface area contributed by atoms with Crippen LogP contribution in [-0.2, 0) is 4.79 Å². The van der Waals surface area contributed by atoms with Crippen LogP contribution in [0.25, 0.3) is 6.08 Å². The molecule has 8 heteroatoms. The number of nitrogens with zero attached hydrogens (tertiary/aromatic N) is 1. The Bertz CT molecular complexity index is 954. The van der Waals surface area contributed by atoms with Crippen molar-refractivity contribution in [3.8, 4) is 23.0 Å². The first kappa shape index (κ1) is 20.9. The van der Waals surface area contributed by atoms with Crippen molar-refractivity contribution < 1.29 is 33.3 Å². The largest absolute Gasteiger partial charge is 0.502 e. The van der Waals surface area contributed by atoms with Crippen LogP contribution in [0, 0.1) is 11.6 Å². The Morgan fingerprint density at radius 3 is 2.00 bits per heavy atom. The summed E-state index contributed by atoms with van der Waals surface area (Å²) in [7, 11) is 2.55. The molecular weight excluding hydrogens is 372 g/mol. The van der Waals surface area contributed by atoms with Gasteiger partial charge in [0.1, 0.15) is 0 Å². The number of phenolic OH excluding ortho intramolecular Hbond substituents is 2. The van der Waals surface area contributed by atoms with E-state index in [0.717, 1.165) is 18.3 Å². The number of hydrogen-bond acceptors (Lipinski definition) is 5. The maximum atomic E-state index is 13.8. The monoisotopic (exact) mass is 391 g/mol. The van der Waals surface area contributed by atoms with Gasteiger partial charge in [-0.3, -0.25) is 4.79 Å².